The van der Waals surface area contributed by atoms with Crippen LogP contribution in [0.1, 0.15) is 16.1 Å². The van der Waals surface area contributed by atoms with Crippen LogP contribution in [0.4, 0.5) is 4.39 Å². The van der Waals surface area contributed by atoms with Crippen molar-refractivity contribution in [2.45, 2.75) is 6.54 Å². The molecule has 0 saturated carbocycles. The van der Waals surface area contributed by atoms with Gasteiger partial charge in [0.1, 0.15) is 11.4 Å². The fourth-order valence-electron chi connectivity index (χ4n) is 1.69. The first-order valence-corrected chi connectivity index (χ1v) is 5.73. The summed E-state index contributed by atoms with van der Waals surface area (Å²) < 4.78 is 13.0. The SMILES string of the molecule is CN(Cc1ccccc1O)C(=O)c1cccc(F)n1. The monoisotopic (exact) mass is 260 g/mol. The molecule has 0 spiro atoms. The van der Waals surface area contributed by atoms with Crippen molar-refractivity contribution in [1.82, 2.24) is 9.88 Å². The number of carbonyl (C=O) groups excluding carboxylic acids is 1. The number of hydrogen-bond donors (Lipinski definition) is 1. The highest BCUT2D eigenvalue weighted by molar-refractivity contribution is 5.92. The molecule has 0 unspecified atom stereocenters. The first-order chi connectivity index (χ1) is 9.08. The van der Waals surface area contributed by atoms with E-state index in [2.05, 4.69) is 4.98 Å². The summed E-state index contributed by atoms with van der Waals surface area (Å²) in [6.07, 6.45) is 0. The molecule has 1 N–H and O–H groups in total. The number of para-hydroxylation sites is 1. The van der Waals surface area contributed by atoms with Gasteiger partial charge in [-0.05, 0) is 18.2 Å². The van der Waals surface area contributed by atoms with E-state index in [-0.39, 0.29) is 18.0 Å². The summed E-state index contributed by atoms with van der Waals surface area (Å²) in [5, 5.41) is 9.64. The summed E-state index contributed by atoms with van der Waals surface area (Å²) >= 11 is 0. The fraction of sp³-hybridized carbons (Fsp3) is 0.143. The fourth-order valence-corrected chi connectivity index (χ4v) is 1.69. The Labute approximate surface area is 110 Å². The number of nitrogens with zero attached hydrogens (tertiary/aromatic N) is 2. The van der Waals surface area contributed by atoms with Gasteiger partial charge in [0, 0.05) is 19.2 Å². The molecule has 0 radical (unpaired) electrons. The van der Waals surface area contributed by atoms with E-state index in [4.69, 9.17) is 0 Å². The van der Waals surface area contributed by atoms with Crippen molar-refractivity contribution in [3.63, 3.8) is 0 Å². The van der Waals surface area contributed by atoms with E-state index in [1.165, 1.54) is 23.1 Å². The molecule has 19 heavy (non-hydrogen) atoms. The lowest BCUT2D eigenvalue weighted by atomic mass is 10.2. The minimum Gasteiger partial charge on any atom is -0.508 e. The Morgan fingerprint density at radius 2 is 2.00 bits per heavy atom. The number of pyridine rings is 1. The van der Waals surface area contributed by atoms with Crippen molar-refractivity contribution in [3.8, 4) is 5.75 Å². The zero-order valence-electron chi connectivity index (χ0n) is 10.4. The smallest absolute Gasteiger partial charge is 0.272 e. The summed E-state index contributed by atoms with van der Waals surface area (Å²) in [7, 11) is 1.57. The van der Waals surface area contributed by atoms with Gasteiger partial charge in [-0.1, -0.05) is 24.3 Å². The Balaban J connectivity index is 2.14. The van der Waals surface area contributed by atoms with Crippen LogP contribution in [0.15, 0.2) is 42.5 Å². The highest BCUT2D eigenvalue weighted by Gasteiger charge is 2.15. The minimum atomic E-state index is -0.693. The maximum atomic E-state index is 13.0. The van der Waals surface area contributed by atoms with Gasteiger partial charge in [0.25, 0.3) is 5.91 Å². The number of carbonyl (C=O) groups is 1. The van der Waals surface area contributed by atoms with E-state index in [0.717, 1.165) is 0 Å². The zero-order chi connectivity index (χ0) is 13.8. The third kappa shape index (κ3) is 3.07. The van der Waals surface area contributed by atoms with Gasteiger partial charge in [-0.3, -0.25) is 4.79 Å². The largest absolute Gasteiger partial charge is 0.508 e. The molecule has 0 fully saturated rings. The maximum absolute atomic E-state index is 13.0. The molecule has 1 aromatic carbocycles. The van der Waals surface area contributed by atoms with E-state index < -0.39 is 11.9 Å². The molecular formula is C14H13FN2O2. The van der Waals surface area contributed by atoms with Crippen LogP contribution in [0, 0.1) is 5.95 Å². The van der Waals surface area contributed by atoms with Crippen molar-refractivity contribution in [1.29, 1.82) is 0 Å². The Hall–Kier alpha value is -2.43. The van der Waals surface area contributed by atoms with Gasteiger partial charge in [0.05, 0.1) is 0 Å². The van der Waals surface area contributed by atoms with Crippen LogP contribution < -0.4 is 0 Å². The number of amides is 1. The van der Waals surface area contributed by atoms with Gasteiger partial charge < -0.3 is 10.0 Å². The van der Waals surface area contributed by atoms with Crippen LogP contribution in [-0.2, 0) is 6.54 Å². The third-order valence-electron chi connectivity index (χ3n) is 2.68. The average molecular weight is 260 g/mol. The standard InChI is InChI=1S/C14H13FN2O2/c1-17(9-10-5-2-3-7-12(10)18)14(19)11-6-4-8-13(15)16-11/h2-8,18H,9H2,1H3. The van der Waals surface area contributed by atoms with Crippen LogP contribution in [0.5, 0.6) is 5.75 Å². The van der Waals surface area contributed by atoms with Gasteiger partial charge in [-0.15, -0.1) is 0 Å². The summed E-state index contributed by atoms with van der Waals surface area (Å²) in [5.41, 5.74) is 0.660. The molecule has 0 aliphatic rings. The number of aromatic nitrogens is 1. The number of benzene rings is 1. The van der Waals surface area contributed by atoms with Crippen molar-refractivity contribution in [3.05, 3.63) is 59.7 Å². The quantitative estimate of drug-likeness (QED) is 0.861. The number of aromatic hydroxyl groups is 1. The first kappa shape index (κ1) is 13.0. The van der Waals surface area contributed by atoms with Crippen LogP contribution in [0.25, 0.3) is 0 Å². The summed E-state index contributed by atoms with van der Waals surface area (Å²) in [6.45, 7) is 0.226. The third-order valence-corrected chi connectivity index (χ3v) is 2.68. The Kier molecular flexibility index (Phi) is 3.75. The Morgan fingerprint density at radius 1 is 1.26 bits per heavy atom. The Morgan fingerprint density at radius 3 is 2.68 bits per heavy atom. The maximum Gasteiger partial charge on any atom is 0.272 e. The average Bonchev–Trinajstić information content (AvgIpc) is 2.40. The normalized spacial score (nSPS) is 10.2. The zero-order valence-corrected chi connectivity index (χ0v) is 10.4. The van der Waals surface area contributed by atoms with Gasteiger partial charge >= 0.3 is 0 Å². The van der Waals surface area contributed by atoms with Crippen LogP contribution in [-0.4, -0.2) is 27.9 Å². The van der Waals surface area contributed by atoms with Gasteiger partial charge in [-0.2, -0.15) is 4.39 Å². The van der Waals surface area contributed by atoms with Crippen LogP contribution >= 0.6 is 0 Å². The highest BCUT2D eigenvalue weighted by atomic mass is 19.1. The van der Waals surface area contributed by atoms with Gasteiger partial charge in [0.2, 0.25) is 5.95 Å². The molecule has 1 heterocycles. The number of phenolic OH excluding ortho intramolecular Hbond substituents is 1. The molecule has 0 atom stereocenters. The molecule has 2 rings (SSSR count). The summed E-state index contributed by atoms with van der Waals surface area (Å²) in [4.78, 5) is 16.9. The minimum absolute atomic E-state index is 0.0397. The lowest BCUT2D eigenvalue weighted by Crippen LogP contribution is -2.27. The van der Waals surface area contributed by atoms with Crippen molar-refractivity contribution >= 4 is 5.91 Å². The van der Waals surface area contributed by atoms with Crippen molar-refractivity contribution in [2.24, 2.45) is 0 Å². The molecule has 0 bridgehead atoms. The molecule has 1 aromatic heterocycles. The molecule has 98 valence electrons. The lowest BCUT2D eigenvalue weighted by Gasteiger charge is -2.17. The highest BCUT2D eigenvalue weighted by Crippen LogP contribution is 2.17. The van der Waals surface area contributed by atoms with E-state index in [1.54, 1.807) is 31.3 Å². The Bertz CT molecular complexity index is 602. The van der Waals surface area contributed by atoms with E-state index in [1.807, 2.05) is 0 Å². The summed E-state index contributed by atoms with van der Waals surface area (Å²) in [6, 6.07) is 10.8. The topological polar surface area (TPSA) is 53.4 Å². The second-order valence-corrected chi connectivity index (χ2v) is 4.14. The molecule has 0 saturated heterocycles. The number of phenols is 1. The van der Waals surface area contributed by atoms with E-state index in [9.17, 15) is 14.3 Å². The first-order valence-electron chi connectivity index (χ1n) is 5.73. The number of hydrogen-bond acceptors (Lipinski definition) is 3. The number of halogens is 1. The molecule has 2 aromatic rings. The molecular weight excluding hydrogens is 247 g/mol. The van der Waals surface area contributed by atoms with Gasteiger partial charge in [-0.25, -0.2) is 4.98 Å². The second-order valence-electron chi connectivity index (χ2n) is 4.14. The second kappa shape index (κ2) is 5.48. The molecule has 5 heteroatoms. The molecule has 4 nitrogen and oxygen atoms in total. The predicted molar refractivity (Wildman–Crippen MR) is 68.1 cm³/mol. The molecule has 0 aliphatic carbocycles. The van der Waals surface area contributed by atoms with Gasteiger partial charge in [0.15, 0.2) is 0 Å². The van der Waals surface area contributed by atoms with Crippen LogP contribution in [0.3, 0.4) is 0 Å². The predicted octanol–water partition coefficient (Wildman–Crippen LogP) is 2.20. The van der Waals surface area contributed by atoms with Crippen molar-refractivity contribution < 1.29 is 14.3 Å². The number of rotatable bonds is 3. The van der Waals surface area contributed by atoms with Crippen molar-refractivity contribution in [2.75, 3.05) is 7.05 Å². The van der Waals surface area contributed by atoms with E-state index >= 15 is 0 Å². The molecule has 1 amide bonds. The lowest BCUT2D eigenvalue weighted by molar-refractivity contribution is 0.0777. The molecule has 0 aliphatic heterocycles. The summed E-state index contributed by atoms with van der Waals surface area (Å²) in [5.74, 6) is -0.973. The van der Waals surface area contributed by atoms with Crippen LogP contribution in [0.2, 0.25) is 0 Å². The van der Waals surface area contributed by atoms with E-state index in [0.29, 0.717) is 5.56 Å².